The summed E-state index contributed by atoms with van der Waals surface area (Å²) in [7, 11) is 0. The molecule has 2 aromatic carbocycles. The van der Waals surface area contributed by atoms with Crippen LogP contribution in [0.15, 0.2) is 42.5 Å². The first kappa shape index (κ1) is 17.8. The Morgan fingerprint density at radius 1 is 1.12 bits per heavy atom. The number of hydrogen-bond donors (Lipinski definition) is 0. The third kappa shape index (κ3) is 3.49. The molecule has 3 rings (SSSR count). The lowest BCUT2D eigenvalue weighted by Crippen LogP contribution is -2.33. The van der Waals surface area contributed by atoms with Gasteiger partial charge in [0.1, 0.15) is 0 Å². The van der Waals surface area contributed by atoms with Crippen molar-refractivity contribution < 1.29 is 23.8 Å². The molecule has 1 aliphatic rings. The van der Waals surface area contributed by atoms with Crippen molar-refractivity contribution in [3.63, 3.8) is 0 Å². The number of carbonyl (C=O) groups excluding carboxylic acids is 2. The molecular weight excluding hydrogens is 334 g/mol. The third-order valence-electron chi connectivity index (χ3n) is 4.02. The zero-order chi connectivity index (χ0) is 18.5. The predicted octanol–water partition coefficient (Wildman–Crippen LogP) is 3.19. The number of benzene rings is 2. The maximum Gasteiger partial charge on any atom is 0.340 e. The van der Waals surface area contributed by atoms with Gasteiger partial charge in [-0.25, -0.2) is 4.79 Å². The van der Waals surface area contributed by atoms with Gasteiger partial charge in [-0.05, 0) is 32.0 Å². The van der Waals surface area contributed by atoms with Gasteiger partial charge >= 0.3 is 5.97 Å². The Morgan fingerprint density at radius 2 is 1.92 bits per heavy atom. The van der Waals surface area contributed by atoms with Crippen molar-refractivity contribution in [3.05, 3.63) is 53.6 Å². The van der Waals surface area contributed by atoms with E-state index < -0.39 is 5.97 Å². The molecule has 0 unspecified atom stereocenters. The Hall–Kier alpha value is -3.02. The van der Waals surface area contributed by atoms with Gasteiger partial charge in [0.2, 0.25) is 0 Å². The van der Waals surface area contributed by atoms with Gasteiger partial charge in [-0.2, -0.15) is 0 Å². The van der Waals surface area contributed by atoms with E-state index in [1.807, 2.05) is 25.1 Å². The van der Waals surface area contributed by atoms with Crippen LogP contribution in [0.1, 0.15) is 29.8 Å². The summed E-state index contributed by atoms with van der Waals surface area (Å²) in [6, 6.07) is 12.5. The Kier molecular flexibility index (Phi) is 5.41. The van der Waals surface area contributed by atoms with Gasteiger partial charge in [-0.1, -0.05) is 24.3 Å². The summed E-state index contributed by atoms with van der Waals surface area (Å²) >= 11 is 0. The largest absolute Gasteiger partial charge is 0.490 e. The fourth-order valence-electron chi connectivity index (χ4n) is 2.90. The molecule has 0 saturated carbocycles. The van der Waals surface area contributed by atoms with Crippen LogP contribution >= 0.6 is 0 Å². The molecule has 6 nitrogen and oxygen atoms in total. The first-order valence-electron chi connectivity index (χ1n) is 8.59. The van der Waals surface area contributed by atoms with Gasteiger partial charge in [0.15, 0.2) is 18.1 Å². The van der Waals surface area contributed by atoms with Crippen LogP contribution < -0.4 is 14.4 Å². The number of para-hydroxylation sites is 2. The van der Waals surface area contributed by atoms with Crippen LogP contribution in [0, 0.1) is 0 Å². The average Bonchev–Trinajstić information content (AvgIpc) is 2.82. The molecular formula is C20H21NO5. The molecule has 0 aliphatic carbocycles. The summed E-state index contributed by atoms with van der Waals surface area (Å²) in [5.74, 6) is 0.488. The number of hydrogen-bond acceptors (Lipinski definition) is 5. The highest BCUT2D eigenvalue weighted by molar-refractivity contribution is 6.03. The third-order valence-corrected chi connectivity index (χ3v) is 4.02. The molecule has 0 saturated heterocycles. The molecule has 1 amide bonds. The van der Waals surface area contributed by atoms with Crippen LogP contribution in [-0.4, -0.2) is 31.7 Å². The second-order valence-electron chi connectivity index (χ2n) is 5.68. The standard InChI is InChI=1S/C20H21NO5/c1-3-24-17-11-7-8-14-12-21(18(22)13-26-19(14)17)16-10-6-5-9-15(16)20(23)25-4-2/h5-11H,3-4,12-13H2,1-2H3. The highest BCUT2D eigenvalue weighted by Gasteiger charge is 2.28. The average molecular weight is 355 g/mol. The quantitative estimate of drug-likeness (QED) is 0.771. The van der Waals surface area contributed by atoms with Gasteiger partial charge in [0.25, 0.3) is 5.91 Å². The van der Waals surface area contributed by atoms with E-state index in [-0.39, 0.29) is 25.7 Å². The van der Waals surface area contributed by atoms with Crippen molar-refractivity contribution in [1.29, 1.82) is 0 Å². The number of rotatable bonds is 5. The van der Waals surface area contributed by atoms with E-state index in [4.69, 9.17) is 14.2 Å². The lowest BCUT2D eigenvalue weighted by atomic mass is 10.1. The first-order valence-corrected chi connectivity index (χ1v) is 8.59. The number of anilines is 1. The number of carbonyl (C=O) groups is 2. The summed E-state index contributed by atoms with van der Waals surface area (Å²) in [5.41, 5.74) is 1.68. The molecule has 0 spiro atoms. The molecule has 1 heterocycles. The number of esters is 1. The maximum absolute atomic E-state index is 12.7. The van der Waals surface area contributed by atoms with E-state index in [0.29, 0.717) is 29.4 Å². The Bertz CT molecular complexity index is 818. The monoisotopic (exact) mass is 355 g/mol. The number of nitrogens with zero attached hydrogens (tertiary/aromatic N) is 1. The van der Waals surface area contributed by atoms with Crippen molar-refractivity contribution in [2.75, 3.05) is 24.7 Å². The van der Waals surface area contributed by atoms with Gasteiger partial charge in [-0.3, -0.25) is 4.79 Å². The van der Waals surface area contributed by atoms with E-state index in [1.54, 1.807) is 36.1 Å². The predicted molar refractivity (Wildman–Crippen MR) is 96.7 cm³/mol. The second kappa shape index (κ2) is 7.91. The van der Waals surface area contributed by atoms with E-state index >= 15 is 0 Å². The minimum atomic E-state index is -0.454. The minimum Gasteiger partial charge on any atom is -0.490 e. The van der Waals surface area contributed by atoms with Crippen molar-refractivity contribution in [3.8, 4) is 11.5 Å². The number of ether oxygens (including phenoxy) is 3. The fourth-order valence-corrected chi connectivity index (χ4v) is 2.90. The topological polar surface area (TPSA) is 65.1 Å². The molecule has 0 radical (unpaired) electrons. The molecule has 2 aromatic rings. The molecule has 0 fully saturated rings. The van der Waals surface area contributed by atoms with Crippen molar-refractivity contribution >= 4 is 17.6 Å². The molecule has 136 valence electrons. The fraction of sp³-hybridized carbons (Fsp3) is 0.300. The molecule has 0 N–H and O–H groups in total. The van der Waals surface area contributed by atoms with Gasteiger partial charge in [0.05, 0.1) is 31.0 Å². The van der Waals surface area contributed by atoms with Crippen molar-refractivity contribution in [2.45, 2.75) is 20.4 Å². The number of fused-ring (bicyclic) bond motifs is 1. The van der Waals surface area contributed by atoms with Crippen LogP contribution in [0.3, 0.4) is 0 Å². The van der Waals surface area contributed by atoms with Crippen molar-refractivity contribution in [1.82, 2.24) is 0 Å². The molecule has 0 aromatic heterocycles. The lowest BCUT2D eigenvalue weighted by molar-refractivity contribution is -0.120. The minimum absolute atomic E-state index is 0.131. The SMILES string of the molecule is CCOC(=O)c1ccccc1N1Cc2cccc(OCC)c2OCC1=O. The van der Waals surface area contributed by atoms with E-state index in [0.717, 1.165) is 5.56 Å². The van der Waals surface area contributed by atoms with Crippen LogP contribution in [0.4, 0.5) is 5.69 Å². The molecule has 0 atom stereocenters. The summed E-state index contributed by atoms with van der Waals surface area (Å²) in [6.45, 7) is 4.56. The van der Waals surface area contributed by atoms with Gasteiger partial charge in [0, 0.05) is 5.56 Å². The van der Waals surface area contributed by atoms with Gasteiger partial charge in [-0.15, -0.1) is 0 Å². The number of amides is 1. The van der Waals surface area contributed by atoms with Crippen LogP contribution in [0.25, 0.3) is 0 Å². The normalized spacial score (nSPS) is 13.5. The van der Waals surface area contributed by atoms with E-state index in [9.17, 15) is 9.59 Å². The summed E-state index contributed by atoms with van der Waals surface area (Å²) < 4.78 is 16.4. The second-order valence-corrected chi connectivity index (χ2v) is 5.68. The van der Waals surface area contributed by atoms with Crippen molar-refractivity contribution in [2.24, 2.45) is 0 Å². The van der Waals surface area contributed by atoms with Crippen LogP contribution in [-0.2, 0) is 16.1 Å². The Balaban J connectivity index is 2.00. The Labute approximate surface area is 152 Å². The van der Waals surface area contributed by atoms with Crippen LogP contribution in [0.5, 0.6) is 11.5 Å². The van der Waals surface area contributed by atoms with Crippen LogP contribution in [0.2, 0.25) is 0 Å². The Morgan fingerprint density at radius 3 is 2.69 bits per heavy atom. The smallest absolute Gasteiger partial charge is 0.340 e. The summed E-state index contributed by atoms with van der Waals surface area (Å²) in [5, 5.41) is 0. The highest BCUT2D eigenvalue weighted by atomic mass is 16.5. The maximum atomic E-state index is 12.7. The lowest BCUT2D eigenvalue weighted by Gasteiger charge is -2.22. The highest BCUT2D eigenvalue weighted by Crippen LogP contribution is 2.35. The summed E-state index contributed by atoms with van der Waals surface area (Å²) in [6.07, 6.45) is 0. The zero-order valence-electron chi connectivity index (χ0n) is 14.9. The van der Waals surface area contributed by atoms with E-state index in [1.165, 1.54) is 0 Å². The van der Waals surface area contributed by atoms with Gasteiger partial charge < -0.3 is 19.1 Å². The molecule has 26 heavy (non-hydrogen) atoms. The molecule has 1 aliphatic heterocycles. The molecule has 6 heteroatoms. The van der Waals surface area contributed by atoms with E-state index in [2.05, 4.69) is 0 Å². The molecule has 0 bridgehead atoms. The zero-order valence-corrected chi connectivity index (χ0v) is 14.9. The summed E-state index contributed by atoms with van der Waals surface area (Å²) in [4.78, 5) is 26.5. The first-order chi connectivity index (χ1) is 12.7.